The van der Waals surface area contributed by atoms with Crippen LogP contribution in [0.1, 0.15) is 27.7 Å². The van der Waals surface area contributed by atoms with E-state index < -0.39 is 11.3 Å². The van der Waals surface area contributed by atoms with E-state index in [1.807, 2.05) is 0 Å². The average molecular weight is 171 g/mol. The molecule has 0 fully saturated rings. The van der Waals surface area contributed by atoms with E-state index in [1.165, 1.54) is 7.05 Å². The van der Waals surface area contributed by atoms with Crippen LogP contribution in [0.4, 0.5) is 0 Å². The van der Waals surface area contributed by atoms with Gasteiger partial charge in [-0.05, 0) is 20.9 Å². The highest BCUT2D eigenvalue weighted by molar-refractivity contribution is 4.95. The first-order valence-electron chi connectivity index (χ1n) is 3.84. The van der Waals surface area contributed by atoms with Crippen LogP contribution in [0.5, 0.6) is 0 Å². The second-order valence-corrected chi connectivity index (χ2v) is 3.87. The molecule has 12 heavy (non-hydrogen) atoms. The number of hydrogen-bond donors (Lipinski definition) is 1. The largest absolute Gasteiger partial charge is 0.784 e. The van der Waals surface area contributed by atoms with Crippen molar-refractivity contribution in [3.8, 4) is 6.57 Å². The van der Waals surface area contributed by atoms with Gasteiger partial charge in [0.05, 0.1) is 5.66 Å². The molecule has 0 aliphatic rings. The summed E-state index contributed by atoms with van der Waals surface area (Å²) in [5.41, 5.74) is -1.24. The van der Waals surface area contributed by atoms with Gasteiger partial charge in [-0.15, -0.1) is 0 Å². The second kappa shape index (κ2) is 3.40. The Kier molecular flexibility index (Phi) is 3.22. The zero-order chi connectivity index (χ0) is 9.99. The zero-order valence-electron chi connectivity index (χ0n) is 8.38. The molecule has 0 aromatic carbocycles. The first-order valence-corrected chi connectivity index (χ1v) is 3.84. The summed E-state index contributed by atoms with van der Waals surface area (Å²) in [5.74, 6) is 0. The highest BCUT2D eigenvalue weighted by atomic mass is 16.5. The molecule has 0 aliphatic carbocycles. The lowest BCUT2D eigenvalue weighted by Gasteiger charge is -2.42. The summed E-state index contributed by atoms with van der Waals surface area (Å²) < 4.78 is 0. The average Bonchev–Trinajstić information content (AvgIpc) is 1.85. The highest BCUT2D eigenvalue weighted by Gasteiger charge is 2.34. The van der Waals surface area contributed by atoms with Gasteiger partial charge in [0.1, 0.15) is 0 Å². The van der Waals surface area contributed by atoms with Crippen molar-refractivity contribution in [3.63, 3.8) is 0 Å². The second-order valence-electron chi connectivity index (χ2n) is 3.87. The van der Waals surface area contributed by atoms with Gasteiger partial charge in [-0.3, -0.25) is 0 Å². The summed E-state index contributed by atoms with van der Waals surface area (Å²) in [7, 11) is 1.46. The van der Waals surface area contributed by atoms with Crippen molar-refractivity contribution in [1.82, 2.24) is 10.4 Å². The third-order valence-corrected chi connectivity index (χ3v) is 1.72. The predicted octanol–water partition coefficient (Wildman–Crippen LogP) is 1.44. The molecule has 70 valence electrons. The number of nitrogens with zero attached hydrogens (tertiary/aromatic N) is 2. The molecule has 4 heteroatoms. The van der Waals surface area contributed by atoms with Crippen molar-refractivity contribution >= 4 is 0 Å². The number of rotatable bonds is 3. The van der Waals surface area contributed by atoms with Gasteiger partial charge in [0, 0.05) is 13.8 Å². The number of hydroxylamine groups is 2. The van der Waals surface area contributed by atoms with Gasteiger partial charge in [-0.2, -0.15) is 0 Å². The molecule has 0 saturated carbocycles. The topological polar surface area (TPSA) is 42.7 Å². The minimum atomic E-state index is -0.660. The van der Waals surface area contributed by atoms with E-state index in [0.29, 0.717) is 0 Å². The van der Waals surface area contributed by atoms with Crippen molar-refractivity contribution in [2.45, 2.75) is 39.0 Å². The van der Waals surface area contributed by atoms with Gasteiger partial charge >= 0.3 is 5.66 Å². The van der Waals surface area contributed by atoms with Crippen LogP contribution in [0.2, 0.25) is 0 Å². The molecule has 0 aliphatic heterocycles. The third kappa shape index (κ3) is 3.18. The Morgan fingerprint density at radius 1 is 1.33 bits per heavy atom. The Morgan fingerprint density at radius 2 is 1.75 bits per heavy atom. The molecule has 0 atom stereocenters. The van der Waals surface area contributed by atoms with Crippen LogP contribution in [0.25, 0.3) is 4.85 Å². The lowest BCUT2D eigenvalue weighted by Crippen LogP contribution is -2.57. The molecule has 0 saturated heterocycles. The molecule has 0 aromatic heterocycles. The van der Waals surface area contributed by atoms with E-state index in [-0.39, 0.29) is 0 Å². The summed E-state index contributed by atoms with van der Waals surface area (Å²) in [4.78, 5) is 3.61. The van der Waals surface area contributed by atoms with Gasteiger partial charge in [-0.1, -0.05) is 4.85 Å². The SMILES string of the molecule is C#[N+]C(C)(C)NC(C)(C)N(C)[O-]. The maximum absolute atomic E-state index is 11.0. The Hall–Kier alpha value is -0.630. The first kappa shape index (κ1) is 11.4. The predicted molar refractivity (Wildman–Crippen MR) is 50.7 cm³/mol. The van der Waals surface area contributed by atoms with E-state index in [4.69, 9.17) is 6.57 Å². The minimum Gasteiger partial charge on any atom is -0.784 e. The van der Waals surface area contributed by atoms with Crippen LogP contribution in [-0.4, -0.2) is 23.4 Å². The quantitative estimate of drug-likeness (QED) is 0.516. The Bertz CT molecular complexity index is 191. The molecular formula is C8H17N3O. The van der Waals surface area contributed by atoms with Gasteiger partial charge in [-0.25, -0.2) is 5.32 Å². The standard InChI is InChI=1S/C8H17N3O/c1-7(2,9-5)10-8(3,4)11(6)12/h5,10H,1-4,6H3. The summed E-state index contributed by atoms with van der Waals surface area (Å²) >= 11 is 0. The van der Waals surface area contributed by atoms with Gasteiger partial charge < -0.3 is 10.3 Å². The van der Waals surface area contributed by atoms with E-state index >= 15 is 0 Å². The molecule has 0 radical (unpaired) electrons. The first-order chi connectivity index (χ1) is 5.21. The molecule has 0 heterocycles. The molecule has 0 spiro atoms. The normalized spacial score (nSPS) is 13.2. The van der Waals surface area contributed by atoms with Crippen LogP contribution in [0, 0.1) is 11.8 Å². The fourth-order valence-electron chi connectivity index (χ4n) is 0.860. The van der Waals surface area contributed by atoms with Crippen molar-refractivity contribution in [3.05, 3.63) is 10.1 Å². The summed E-state index contributed by atoms with van der Waals surface area (Å²) in [6.07, 6.45) is 0. The number of nitrogens with one attached hydrogen (secondary N) is 1. The van der Waals surface area contributed by atoms with Crippen LogP contribution in [0.15, 0.2) is 0 Å². The van der Waals surface area contributed by atoms with Crippen molar-refractivity contribution in [2.75, 3.05) is 7.05 Å². The molecule has 0 aromatic rings. The Balaban J connectivity index is 4.37. The van der Waals surface area contributed by atoms with Crippen LogP contribution < -0.4 is 5.32 Å². The van der Waals surface area contributed by atoms with Gasteiger partial charge in [0.25, 0.3) is 6.57 Å². The molecule has 1 N–H and O–H groups in total. The molecule has 0 rings (SSSR count). The summed E-state index contributed by atoms with van der Waals surface area (Å²) in [6.45, 7) is 12.3. The monoisotopic (exact) mass is 171 g/mol. The molecule has 0 amide bonds. The summed E-state index contributed by atoms with van der Waals surface area (Å²) in [5, 5.41) is 14.9. The highest BCUT2D eigenvalue weighted by Crippen LogP contribution is 2.14. The maximum Gasteiger partial charge on any atom is 0.330 e. The van der Waals surface area contributed by atoms with Crippen LogP contribution >= 0.6 is 0 Å². The number of hydrogen-bond acceptors (Lipinski definition) is 3. The van der Waals surface area contributed by atoms with E-state index in [2.05, 4.69) is 10.2 Å². The molecular weight excluding hydrogens is 154 g/mol. The fourth-order valence-corrected chi connectivity index (χ4v) is 0.860. The Morgan fingerprint density at radius 3 is 2.00 bits per heavy atom. The van der Waals surface area contributed by atoms with Crippen LogP contribution in [0.3, 0.4) is 0 Å². The minimum absolute atomic E-state index is 0.581. The lowest BCUT2D eigenvalue weighted by molar-refractivity contribution is 0.141. The van der Waals surface area contributed by atoms with Crippen molar-refractivity contribution < 1.29 is 0 Å². The fraction of sp³-hybridized carbons (Fsp3) is 0.875. The van der Waals surface area contributed by atoms with E-state index in [0.717, 1.165) is 5.06 Å². The maximum atomic E-state index is 11.0. The van der Waals surface area contributed by atoms with Crippen LogP contribution in [-0.2, 0) is 0 Å². The zero-order valence-corrected chi connectivity index (χ0v) is 8.38. The Labute approximate surface area is 74.0 Å². The molecule has 4 nitrogen and oxygen atoms in total. The van der Waals surface area contributed by atoms with Crippen molar-refractivity contribution in [2.24, 2.45) is 0 Å². The third-order valence-electron chi connectivity index (χ3n) is 1.72. The summed E-state index contributed by atoms with van der Waals surface area (Å²) in [6, 6.07) is 0. The van der Waals surface area contributed by atoms with E-state index in [9.17, 15) is 5.21 Å². The van der Waals surface area contributed by atoms with E-state index in [1.54, 1.807) is 27.7 Å². The molecule has 0 bridgehead atoms. The molecule has 0 unspecified atom stereocenters. The van der Waals surface area contributed by atoms with Gasteiger partial charge in [0.2, 0.25) is 0 Å². The smallest absolute Gasteiger partial charge is 0.330 e. The lowest BCUT2D eigenvalue weighted by atomic mass is 10.1. The van der Waals surface area contributed by atoms with Crippen molar-refractivity contribution in [1.29, 1.82) is 0 Å². The van der Waals surface area contributed by atoms with Gasteiger partial charge in [0.15, 0.2) is 0 Å².